The van der Waals surface area contributed by atoms with Crippen molar-refractivity contribution in [2.45, 2.75) is 276 Å². The molecule has 0 fully saturated rings. The maximum absolute atomic E-state index is 12.4. The van der Waals surface area contributed by atoms with Crippen LogP contribution in [0.25, 0.3) is 0 Å². The molecule has 6 nitrogen and oxygen atoms in total. The summed E-state index contributed by atoms with van der Waals surface area (Å²) < 4.78 is 5.44. The van der Waals surface area contributed by atoms with Crippen LogP contribution in [-0.2, 0) is 14.3 Å². The van der Waals surface area contributed by atoms with Crippen molar-refractivity contribution in [1.82, 2.24) is 5.32 Å². The molecule has 1 amide bonds. The summed E-state index contributed by atoms with van der Waals surface area (Å²) in [5, 5.41) is 23.2. The molecule has 0 heterocycles. The first-order valence-electron chi connectivity index (χ1n) is 25.7. The number of hydrogen-bond acceptors (Lipinski definition) is 5. The van der Waals surface area contributed by atoms with E-state index in [0.29, 0.717) is 25.9 Å². The van der Waals surface area contributed by atoms with Crippen LogP contribution in [-0.4, -0.2) is 47.4 Å². The third kappa shape index (κ3) is 45.4. The number of carbonyl (C=O) groups excluding carboxylic acids is 2. The van der Waals surface area contributed by atoms with Crippen molar-refractivity contribution in [3.8, 4) is 0 Å². The Balaban J connectivity index is 3.53. The van der Waals surface area contributed by atoms with Gasteiger partial charge < -0.3 is 20.3 Å². The molecular weight excluding hydrogens is 731 g/mol. The van der Waals surface area contributed by atoms with E-state index in [0.717, 1.165) is 83.5 Å². The smallest absolute Gasteiger partial charge is 0.305 e. The minimum atomic E-state index is -0.686. The quantitative estimate of drug-likeness (QED) is 0.0323. The van der Waals surface area contributed by atoms with Crippen LogP contribution in [0.3, 0.4) is 0 Å². The van der Waals surface area contributed by atoms with Gasteiger partial charge in [-0.1, -0.05) is 204 Å². The highest BCUT2D eigenvalue weighted by molar-refractivity contribution is 5.76. The molecule has 346 valence electrons. The number of esters is 1. The van der Waals surface area contributed by atoms with Crippen LogP contribution in [0.15, 0.2) is 36.5 Å². The fourth-order valence-corrected chi connectivity index (χ4v) is 7.66. The van der Waals surface area contributed by atoms with Gasteiger partial charge in [-0.25, -0.2) is 0 Å². The Kier molecular flexibility index (Phi) is 47.2. The van der Waals surface area contributed by atoms with Gasteiger partial charge in [0.25, 0.3) is 0 Å². The number of rotatable bonds is 47. The SMILES string of the molecule is CCCCCC/C=C\C/C=C\CCCCCCCCCC(=O)OCCCC/C=C\CCCCCCC(=O)NC(CO)C(O)CCCCCCCCCCCCCCCC. The highest BCUT2D eigenvalue weighted by Gasteiger charge is 2.20. The molecule has 0 spiro atoms. The lowest BCUT2D eigenvalue weighted by atomic mass is 10.0. The van der Waals surface area contributed by atoms with E-state index in [9.17, 15) is 19.8 Å². The van der Waals surface area contributed by atoms with Crippen molar-refractivity contribution in [1.29, 1.82) is 0 Å². The molecule has 3 N–H and O–H groups in total. The summed E-state index contributed by atoms with van der Waals surface area (Å²) in [6, 6.07) is -0.567. The van der Waals surface area contributed by atoms with Gasteiger partial charge >= 0.3 is 5.97 Å². The largest absolute Gasteiger partial charge is 0.466 e. The molecule has 0 saturated heterocycles. The predicted molar refractivity (Wildman–Crippen MR) is 255 cm³/mol. The van der Waals surface area contributed by atoms with E-state index < -0.39 is 12.1 Å². The summed E-state index contributed by atoms with van der Waals surface area (Å²) in [4.78, 5) is 24.5. The summed E-state index contributed by atoms with van der Waals surface area (Å²) in [7, 11) is 0. The number of nitrogens with one attached hydrogen (secondary N) is 1. The fraction of sp³-hybridized carbons (Fsp3) is 0.849. The Morgan fingerprint density at radius 3 is 1.32 bits per heavy atom. The summed E-state index contributed by atoms with van der Waals surface area (Å²) in [6.07, 6.45) is 58.3. The number of hydrogen-bond donors (Lipinski definition) is 3. The summed E-state index contributed by atoms with van der Waals surface area (Å²) >= 11 is 0. The van der Waals surface area contributed by atoms with E-state index in [-0.39, 0.29) is 18.5 Å². The van der Waals surface area contributed by atoms with Crippen molar-refractivity contribution in [2.75, 3.05) is 13.2 Å². The van der Waals surface area contributed by atoms with Gasteiger partial charge in [0.15, 0.2) is 0 Å². The number of aliphatic hydroxyl groups is 2. The number of unbranched alkanes of at least 4 members (excludes halogenated alkanes) is 30. The second-order valence-corrected chi connectivity index (χ2v) is 17.5. The van der Waals surface area contributed by atoms with Crippen molar-refractivity contribution < 1.29 is 24.5 Å². The molecule has 0 bridgehead atoms. The zero-order valence-corrected chi connectivity index (χ0v) is 39.2. The molecule has 2 unspecified atom stereocenters. The molecule has 59 heavy (non-hydrogen) atoms. The molecule has 6 heteroatoms. The van der Waals surface area contributed by atoms with E-state index in [4.69, 9.17) is 4.74 Å². The standard InChI is InChI=1S/C53H99NO5/c1-3-5-7-9-11-13-15-17-19-20-21-22-24-26-31-35-39-43-47-53(58)59-48-44-40-36-32-28-27-30-34-38-42-46-52(57)54-50(49-55)51(56)45-41-37-33-29-25-23-18-16-14-12-10-8-6-4-2/h13,15,19-20,28,32,50-51,55-56H,3-12,14,16-18,21-27,29-31,33-49H2,1-2H3,(H,54,57)/b15-13-,20-19-,32-28-. The summed E-state index contributed by atoms with van der Waals surface area (Å²) in [5.74, 6) is -0.116. The highest BCUT2D eigenvalue weighted by atomic mass is 16.5. The number of ether oxygens (including phenoxy) is 1. The Labute approximate surface area is 366 Å². The molecular formula is C53H99NO5. The van der Waals surface area contributed by atoms with E-state index in [1.165, 1.54) is 148 Å². The lowest BCUT2D eigenvalue weighted by Gasteiger charge is -2.22. The van der Waals surface area contributed by atoms with Crippen LogP contribution in [0.5, 0.6) is 0 Å². The lowest BCUT2D eigenvalue weighted by molar-refractivity contribution is -0.143. The van der Waals surface area contributed by atoms with Gasteiger partial charge in [0.1, 0.15) is 0 Å². The lowest BCUT2D eigenvalue weighted by Crippen LogP contribution is -2.45. The van der Waals surface area contributed by atoms with Crippen molar-refractivity contribution in [3.63, 3.8) is 0 Å². The van der Waals surface area contributed by atoms with E-state index >= 15 is 0 Å². The molecule has 0 saturated carbocycles. The molecule has 0 radical (unpaired) electrons. The number of aliphatic hydroxyl groups excluding tert-OH is 2. The second kappa shape index (κ2) is 48.7. The van der Waals surface area contributed by atoms with Gasteiger partial charge in [-0.05, 0) is 83.5 Å². The van der Waals surface area contributed by atoms with E-state index in [2.05, 4.69) is 55.6 Å². The molecule has 0 aliphatic carbocycles. The second-order valence-electron chi connectivity index (χ2n) is 17.5. The van der Waals surface area contributed by atoms with Crippen LogP contribution in [0.1, 0.15) is 264 Å². The predicted octanol–water partition coefficient (Wildman–Crippen LogP) is 15.3. The minimum Gasteiger partial charge on any atom is -0.466 e. The van der Waals surface area contributed by atoms with Gasteiger partial charge in [0.2, 0.25) is 5.91 Å². The van der Waals surface area contributed by atoms with Crippen LogP contribution in [0.2, 0.25) is 0 Å². The zero-order valence-electron chi connectivity index (χ0n) is 39.2. The maximum Gasteiger partial charge on any atom is 0.305 e. The Hall–Kier alpha value is -1.92. The van der Waals surface area contributed by atoms with Crippen LogP contribution in [0, 0.1) is 0 Å². The third-order valence-electron chi connectivity index (χ3n) is 11.7. The first-order chi connectivity index (χ1) is 29.0. The molecule has 0 rings (SSSR count). The fourth-order valence-electron chi connectivity index (χ4n) is 7.66. The Morgan fingerprint density at radius 2 is 0.847 bits per heavy atom. The normalized spacial score (nSPS) is 12.9. The molecule has 0 aliphatic rings. The van der Waals surface area contributed by atoms with E-state index in [1.807, 2.05) is 0 Å². The molecule has 2 atom stereocenters. The zero-order chi connectivity index (χ0) is 43.0. The highest BCUT2D eigenvalue weighted by Crippen LogP contribution is 2.16. The summed E-state index contributed by atoms with van der Waals surface area (Å²) in [5.41, 5.74) is 0. The molecule has 0 aromatic rings. The number of amides is 1. The first kappa shape index (κ1) is 57.1. The summed E-state index contributed by atoms with van der Waals surface area (Å²) in [6.45, 7) is 4.84. The van der Waals surface area contributed by atoms with Crippen LogP contribution in [0.4, 0.5) is 0 Å². The van der Waals surface area contributed by atoms with Crippen molar-refractivity contribution in [3.05, 3.63) is 36.5 Å². The van der Waals surface area contributed by atoms with Gasteiger partial charge in [-0.15, -0.1) is 0 Å². The topological polar surface area (TPSA) is 95.9 Å². The van der Waals surface area contributed by atoms with Crippen molar-refractivity contribution in [2.24, 2.45) is 0 Å². The van der Waals surface area contributed by atoms with Crippen molar-refractivity contribution >= 4 is 11.9 Å². The van der Waals surface area contributed by atoms with Crippen LogP contribution < -0.4 is 5.32 Å². The molecule has 0 aliphatic heterocycles. The molecule has 0 aromatic carbocycles. The van der Waals surface area contributed by atoms with Gasteiger partial charge in [-0.3, -0.25) is 9.59 Å². The average Bonchev–Trinajstić information content (AvgIpc) is 3.24. The van der Waals surface area contributed by atoms with Gasteiger partial charge in [-0.2, -0.15) is 0 Å². The average molecular weight is 830 g/mol. The van der Waals surface area contributed by atoms with Gasteiger partial charge in [0, 0.05) is 12.8 Å². The maximum atomic E-state index is 12.4. The van der Waals surface area contributed by atoms with E-state index in [1.54, 1.807) is 0 Å². The monoisotopic (exact) mass is 830 g/mol. The number of allylic oxidation sites excluding steroid dienone is 6. The molecule has 0 aromatic heterocycles. The third-order valence-corrected chi connectivity index (χ3v) is 11.7. The Bertz CT molecular complexity index is 962. The first-order valence-corrected chi connectivity index (χ1v) is 25.7. The number of carbonyl (C=O) groups is 2. The van der Waals surface area contributed by atoms with Crippen LogP contribution >= 0.6 is 0 Å². The van der Waals surface area contributed by atoms with Gasteiger partial charge in [0.05, 0.1) is 25.4 Å². The minimum absolute atomic E-state index is 0.0441. The Morgan fingerprint density at radius 1 is 0.475 bits per heavy atom.